The van der Waals surface area contributed by atoms with Crippen molar-refractivity contribution in [2.24, 2.45) is 0 Å². The number of anilines is 1. The molecule has 1 N–H and O–H groups in total. The van der Waals surface area contributed by atoms with E-state index in [0.717, 1.165) is 23.4 Å². The van der Waals surface area contributed by atoms with Crippen molar-refractivity contribution < 1.29 is 4.74 Å². The van der Waals surface area contributed by atoms with Crippen molar-refractivity contribution in [3.05, 3.63) is 70.2 Å². The number of rotatable bonds is 6. The standard InChI is InChI=1S/C20H19Cl2NO/c1-2-11-24-20-10-7-14-5-3-4-6-16(14)17(20)13-23-19-9-8-15(21)12-18(19)22/h3-10,12,23H,2,11,13H2,1H3. The molecule has 0 heterocycles. The minimum absolute atomic E-state index is 0.610. The highest BCUT2D eigenvalue weighted by molar-refractivity contribution is 6.36. The molecule has 0 atom stereocenters. The van der Waals surface area contributed by atoms with E-state index in [1.54, 1.807) is 6.07 Å². The van der Waals surface area contributed by atoms with Gasteiger partial charge in [-0.15, -0.1) is 0 Å². The van der Waals surface area contributed by atoms with Crippen molar-refractivity contribution in [2.75, 3.05) is 11.9 Å². The summed E-state index contributed by atoms with van der Waals surface area (Å²) in [6, 6.07) is 17.9. The van der Waals surface area contributed by atoms with E-state index in [1.807, 2.05) is 30.3 Å². The Labute approximate surface area is 152 Å². The first-order chi connectivity index (χ1) is 11.7. The Hall–Kier alpha value is -1.90. The average Bonchev–Trinajstić information content (AvgIpc) is 2.59. The third-order valence-electron chi connectivity index (χ3n) is 3.85. The summed E-state index contributed by atoms with van der Waals surface area (Å²) in [6.45, 7) is 3.43. The minimum atomic E-state index is 0.610. The molecule has 0 fully saturated rings. The van der Waals surface area contributed by atoms with Gasteiger partial charge in [-0.1, -0.05) is 60.5 Å². The molecule has 0 spiro atoms. The molecular formula is C20H19Cl2NO. The predicted molar refractivity (Wildman–Crippen MR) is 104 cm³/mol. The summed E-state index contributed by atoms with van der Waals surface area (Å²) >= 11 is 12.2. The summed E-state index contributed by atoms with van der Waals surface area (Å²) in [5.41, 5.74) is 1.99. The fourth-order valence-corrected chi connectivity index (χ4v) is 3.14. The van der Waals surface area contributed by atoms with Crippen molar-refractivity contribution >= 4 is 39.7 Å². The molecule has 0 radical (unpaired) electrons. The first kappa shape index (κ1) is 16.9. The van der Waals surface area contributed by atoms with Crippen molar-refractivity contribution in [3.8, 4) is 5.75 Å². The number of halogens is 2. The van der Waals surface area contributed by atoms with Crippen molar-refractivity contribution in [2.45, 2.75) is 19.9 Å². The van der Waals surface area contributed by atoms with Crippen molar-refractivity contribution in [1.29, 1.82) is 0 Å². The number of nitrogens with one attached hydrogen (secondary N) is 1. The highest BCUT2D eigenvalue weighted by atomic mass is 35.5. The van der Waals surface area contributed by atoms with Gasteiger partial charge < -0.3 is 10.1 Å². The first-order valence-electron chi connectivity index (χ1n) is 8.01. The van der Waals surface area contributed by atoms with Gasteiger partial charge in [0.05, 0.1) is 17.3 Å². The zero-order chi connectivity index (χ0) is 16.9. The number of hydrogen-bond donors (Lipinski definition) is 1. The Morgan fingerprint density at radius 1 is 1.00 bits per heavy atom. The largest absolute Gasteiger partial charge is 0.493 e. The van der Waals surface area contributed by atoms with Crippen LogP contribution in [0.25, 0.3) is 10.8 Å². The molecule has 0 saturated carbocycles. The lowest BCUT2D eigenvalue weighted by Crippen LogP contribution is -2.05. The van der Waals surface area contributed by atoms with Crippen LogP contribution in [0, 0.1) is 0 Å². The quantitative estimate of drug-likeness (QED) is 0.538. The van der Waals surface area contributed by atoms with E-state index in [4.69, 9.17) is 27.9 Å². The maximum absolute atomic E-state index is 6.26. The van der Waals surface area contributed by atoms with Crippen LogP contribution < -0.4 is 10.1 Å². The summed E-state index contributed by atoms with van der Waals surface area (Å²) in [5.74, 6) is 0.910. The molecule has 0 saturated heterocycles. The normalized spacial score (nSPS) is 10.8. The SMILES string of the molecule is CCCOc1ccc2ccccc2c1CNc1ccc(Cl)cc1Cl. The van der Waals surface area contributed by atoms with Gasteiger partial charge in [0.25, 0.3) is 0 Å². The molecular weight excluding hydrogens is 341 g/mol. The van der Waals surface area contributed by atoms with Crippen LogP contribution in [0.5, 0.6) is 5.75 Å². The van der Waals surface area contributed by atoms with E-state index in [9.17, 15) is 0 Å². The highest BCUT2D eigenvalue weighted by Crippen LogP contribution is 2.31. The predicted octanol–water partition coefficient (Wildman–Crippen LogP) is 6.55. The number of ether oxygens (including phenoxy) is 1. The molecule has 0 aliphatic rings. The van der Waals surface area contributed by atoms with E-state index in [1.165, 1.54) is 10.8 Å². The van der Waals surface area contributed by atoms with Crippen LogP contribution in [-0.4, -0.2) is 6.61 Å². The highest BCUT2D eigenvalue weighted by Gasteiger charge is 2.10. The number of benzene rings is 3. The minimum Gasteiger partial charge on any atom is -0.493 e. The lowest BCUT2D eigenvalue weighted by molar-refractivity contribution is 0.315. The zero-order valence-corrected chi connectivity index (χ0v) is 15.0. The van der Waals surface area contributed by atoms with Gasteiger partial charge in [0, 0.05) is 17.1 Å². The van der Waals surface area contributed by atoms with E-state index in [0.29, 0.717) is 23.2 Å². The van der Waals surface area contributed by atoms with Crippen LogP contribution in [0.4, 0.5) is 5.69 Å². The summed E-state index contributed by atoms with van der Waals surface area (Å²) in [4.78, 5) is 0. The molecule has 0 aliphatic carbocycles. The fourth-order valence-electron chi connectivity index (χ4n) is 2.66. The van der Waals surface area contributed by atoms with Crippen LogP contribution in [0.15, 0.2) is 54.6 Å². The maximum Gasteiger partial charge on any atom is 0.124 e. The van der Waals surface area contributed by atoms with Gasteiger partial charge in [-0.05, 0) is 41.5 Å². The summed E-state index contributed by atoms with van der Waals surface area (Å²) in [6.07, 6.45) is 0.975. The monoisotopic (exact) mass is 359 g/mol. The van der Waals surface area contributed by atoms with Gasteiger partial charge in [-0.25, -0.2) is 0 Å². The number of fused-ring (bicyclic) bond motifs is 1. The molecule has 0 amide bonds. The summed E-state index contributed by atoms with van der Waals surface area (Å²) in [5, 5.41) is 7.01. The molecule has 0 bridgehead atoms. The molecule has 3 rings (SSSR count). The second kappa shape index (κ2) is 7.78. The number of hydrogen-bond acceptors (Lipinski definition) is 2. The van der Waals surface area contributed by atoms with Gasteiger partial charge in [-0.3, -0.25) is 0 Å². The topological polar surface area (TPSA) is 21.3 Å². The van der Waals surface area contributed by atoms with Crippen LogP contribution in [0.3, 0.4) is 0 Å². The van der Waals surface area contributed by atoms with E-state index in [2.05, 4.69) is 30.4 Å². The Bertz CT molecular complexity index is 848. The van der Waals surface area contributed by atoms with Crippen LogP contribution in [0.1, 0.15) is 18.9 Å². The Balaban J connectivity index is 1.93. The smallest absolute Gasteiger partial charge is 0.124 e. The van der Waals surface area contributed by atoms with Gasteiger partial charge in [0.2, 0.25) is 0 Å². The lowest BCUT2D eigenvalue weighted by atomic mass is 10.0. The molecule has 124 valence electrons. The molecule has 24 heavy (non-hydrogen) atoms. The fraction of sp³-hybridized carbons (Fsp3) is 0.200. The van der Waals surface area contributed by atoms with Gasteiger partial charge in [0.15, 0.2) is 0 Å². The average molecular weight is 360 g/mol. The van der Waals surface area contributed by atoms with Crippen molar-refractivity contribution in [3.63, 3.8) is 0 Å². The second-order valence-electron chi connectivity index (χ2n) is 5.59. The van der Waals surface area contributed by atoms with Crippen LogP contribution in [0.2, 0.25) is 10.0 Å². The van der Waals surface area contributed by atoms with Crippen molar-refractivity contribution in [1.82, 2.24) is 0 Å². The molecule has 4 heteroatoms. The first-order valence-corrected chi connectivity index (χ1v) is 8.77. The Morgan fingerprint density at radius 3 is 2.62 bits per heavy atom. The van der Waals surface area contributed by atoms with Gasteiger partial charge in [0.1, 0.15) is 5.75 Å². The molecule has 0 aliphatic heterocycles. The Morgan fingerprint density at radius 2 is 1.83 bits per heavy atom. The van der Waals surface area contributed by atoms with E-state index in [-0.39, 0.29) is 0 Å². The lowest BCUT2D eigenvalue weighted by Gasteiger charge is -2.16. The third kappa shape index (κ3) is 3.77. The molecule has 3 aromatic rings. The van der Waals surface area contributed by atoms with Crippen LogP contribution >= 0.6 is 23.2 Å². The summed E-state index contributed by atoms with van der Waals surface area (Å²) in [7, 11) is 0. The third-order valence-corrected chi connectivity index (χ3v) is 4.39. The van der Waals surface area contributed by atoms with E-state index >= 15 is 0 Å². The van der Waals surface area contributed by atoms with Gasteiger partial charge >= 0.3 is 0 Å². The maximum atomic E-state index is 6.26. The second-order valence-corrected chi connectivity index (χ2v) is 6.43. The summed E-state index contributed by atoms with van der Waals surface area (Å²) < 4.78 is 5.94. The molecule has 0 unspecified atom stereocenters. The zero-order valence-electron chi connectivity index (χ0n) is 13.5. The molecule has 0 aromatic heterocycles. The van der Waals surface area contributed by atoms with Crippen LogP contribution in [-0.2, 0) is 6.54 Å². The van der Waals surface area contributed by atoms with Gasteiger partial charge in [-0.2, -0.15) is 0 Å². The molecule has 2 nitrogen and oxygen atoms in total. The Kier molecular flexibility index (Phi) is 5.49. The van der Waals surface area contributed by atoms with E-state index < -0.39 is 0 Å². The molecule has 3 aromatic carbocycles.